The highest BCUT2D eigenvalue weighted by molar-refractivity contribution is 5.98. The molecule has 7 nitrogen and oxygen atoms in total. The molecule has 0 heterocycles. The molecule has 7 heteroatoms. The van der Waals surface area contributed by atoms with E-state index in [0.717, 1.165) is 11.3 Å². The maximum absolute atomic E-state index is 12.3. The number of hydrogen-bond acceptors (Lipinski definition) is 5. The van der Waals surface area contributed by atoms with Gasteiger partial charge in [-0.05, 0) is 35.7 Å². The predicted octanol–water partition coefficient (Wildman–Crippen LogP) is 2.64. The fourth-order valence-electron chi connectivity index (χ4n) is 2.29. The average Bonchev–Trinajstić information content (AvgIpc) is 2.64. The van der Waals surface area contributed by atoms with Crippen molar-refractivity contribution < 1.29 is 23.9 Å². The van der Waals surface area contributed by atoms with Crippen molar-refractivity contribution in [2.45, 2.75) is 26.6 Å². The third-order valence-electron chi connectivity index (χ3n) is 3.68. The number of carbonyl (C=O) groups is 3. The van der Waals surface area contributed by atoms with Crippen LogP contribution in [0.1, 0.15) is 29.8 Å². The van der Waals surface area contributed by atoms with Crippen LogP contribution in [0.4, 0.5) is 4.79 Å². The lowest BCUT2D eigenvalue weighted by molar-refractivity contribution is -0.130. The van der Waals surface area contributed by atoms with Crippen LogP contribution in [0.5, 0.6) is 5.75 Å². The summed E-state index contributed by atoms with van der Waals surface area (Å²) in [5.41, 5.74) is 6.10. The molecule has 3 amide bonds. The fourth-order valence-corrected chi connectivity index (χ4v) is 2.29. The van der Waals surface area contributed by atoms with Crippen molar-refractivity contribution in [3.05, 3.63) is 65.7 Å². The maximum atomic E-state index is 12.3. The van der Waals surface area contributed by atoms with E-state index in [9.17, 15) is 14.4 Å². The van der Waals surface area contributed by atoms with Crippen molar-refractivity contribution in [2.24, 2.45) is 11.7 Å². The summed E-state index contributed by atoms with van der Waals surface area (Å²) >= 11 is 0. The maximum Gasteiger partial charge on any atom is 0.338 e. The Kier molecular flexibility index (Phi) is 6.93. The molecule has 0 aromatic heterocycles. The molecular formula is C20H22N2O5. The minimum absolute atomic E-state index is 0.288. The first kappa shape index (κ1) is 20.0. The molecule has 0 bridgehead atoms. The molecule has 0 radical (unpaired) electrons. The third kappa shape index (κ3) is 6.14. The lowest BCUT2D eigenvalue weighted by Gasteiger charge is -2.19. The molecule has 0 spiro atoms. The molecule has 0 saturated heterocycles. The number of rotatable bonds is 7. The standard InChI is InChI=1S/C20H22N2O5/c1-13(2)17(18(23)22-20(21)25)27-19(24)15-10-8-14(9-11-15)12-26-16-6-4-3-5-7-16/h3-11,13,17H,12H2,1-2H3,(H3,21,22,23,25). The van der Waals surface area contributed by atoms with E-state index in [0.29, 0.717) is 6.61 Å². The number of nitrogens with two attached hydrogens (primary N) is 1. The molecule has 0 aliphatic rings. The van der Waals surface area contributed by atoms with E-state index < -0.39 is 24.0 Å². The summed E-state index contributed by atoms with van der Waals surface area (Å²) in [5, 5.41) is 1.93. The van der Waals surface area contributed by atoms with Gasteiger partial charge in [-0.2, -0.15) is 0 Å². The van der Waals surface area contributed by atoms with Crippen molar-refractivity contribution in [1.29, 1.82) is 0 Å². The van der Waals surface area contributed by atoms with Crippen LogP contribution < -0.4 is 15.8 Å². The van der Waals surface area contributed by atoms with Crippen LogP contribution in [0.2, 0.25) is 0 Å². The summed E-state index contributed by atoms with van der Waals surface area (Å²) < 4.78 is 10.9. The first-order chi connectivity index (χ1) is 12.9. The predicted molar refractivity (Wildman–Crippen MR) is 99.0 cm³/mol. The smallest absolute Gasteiger partial charge is 0.338 e. The van der Waals surface area contributed by atoms with Gasteiger partial charge in [0.05, 0.1) is 5.56 Å². The number of benzene rings is 2. The van der Waals surface area contributed by atoms with E-state index in [2.05, 4.69) is 0 Å². The zero-order valence-corrected chi connectivity index (χ0v) is 15.2. The number of imide groups is 1. The minimum atomic E-state index is -1.12. The summed E-state index contributed by atoms with van der Waals surface area (Å²) in [7, 11) is 0. The van der Waals surface area contributed by atoms with Gasteiger partial charge in [0.2, 0.25) is 0 Å². The quantitative estimate of drug-likeness (QED) is 0.729. The van der Waals surface area contributed by atoms with E-state index in [1.165, 1.54) is 0 Å². The zero-order valence-electron chi connectivity index (χ0n) is 15.2. The second-order valence-corrected chi connectivity index (χ2v) is 6.22. The van der Waals surface area contributed by atoms with Gasteiger partial charge in [0.15, 0.2) is 6.10 Å². The van der Waals surface area contributed by atoms with Gasteiger partial charge < -0.3 is 15.2 Å². The van der Waals surface area contributed by atoms with Gasteiger partial charge >= 0.3 is 12.0 Å². The van der Waals surface area contributed by atoms with Crippen molar-refractivity contribution in [3.63, 3.8) is 0 Å². The van der Waals surface area contributed by atoms with E-state index in [1.54, 1.807) is 38.1 Å². The van der Waals surface area contributed by atoms with Gasteiger partial charge in [-0.25, -0.2) is 9.59 Å². The summed E-state index contributed by atoms with van der Waals surface area (Å²) in [6, 6.07) is 15.1. The topological polar surface area (TPSA) is 108 Å². The Morgan fingerprint density at radius 1 is 1.00 bits per heavy atom. The Morgan fingerprint density at radius 2 is 1.63 bits per heavy atom. The molecule has 0 fully saturated rings. The van der Waals surface area contributed by atoms with Crippen LogP contribution in [-0.2, 0) is 16.1 Å². The van der Waals surface area contributed by atoms with Crippen molar-refractivity contribution in [3.8, 4) is 5.75 Å². The van der Waals surface area contributed by atoms with Gasteiger partial charge in [-0.15, -0.1) is 0 Å². The molecule has 3 N–H and O–H groups in total. The number of carbonyl (C=O) groups excluding carboxylic acids is 3. The molecule has 2 aromatic rings. The first-order valence-corrected chi connectivity index (χ1v) is 8.45. The number of hydrogen-bond donors (Lipinski definition) is 2. The third-order valence-corrected chi connectivity index (χ3v) is 3.68. The number of urea groups is 1. The van der Waals surface area contributed by atoms with Crippen LogP contribution in [0.25, 0.3) is 0 Å². The highest BCUT2D eigenvalue weighted by Gasteiger charge is 2.27. The monoisotopic (exact) mass is 370 g/mol. The molecule has 27 heavy (non-hydrogen) atoms. The van der Waals surface area contributed by atoms with Gasteiger partial charge in [0.1, 0.15) is 12.4 Å². The Bertz CT molecular complexity index is 788. The molecule has 1 atom stereocenters. The highest BCUT2D eigenvalue weighted by atomic mass is 16.5. The molecule has 0 aliphatic carbocycles. The second kappa shape index (κ2) is 9.38. The lowest BCUT2D eigenvalue weighted by Crippen LogP contribution is -2.45. The SMILES string of the molecule is CC(C)C(OC(=O)c1ccc(COc2ccccc2)cc1)C(=O)NC(N)=O. The number of esters is 1. The molecule has 142 valence electrons. The fraction of sp³-hybridized carbons (Fsp3) is 0.250. The van der Waals surface area contributed by atoms with Gasteiger partial charge in [0.25, 0.3) is 5.91 Å². The number of nitrogens with one attached hydrogen (secondary N) is 1. The minimum Gasteiger partial charge on any atom is -0.489 e. The average molecular weight is 370 g/mol. The lowest BCUT2D eigenvalue weighted by atomic mass is 10.1. The van der Waals surface area contributed by atoms with Crippen LogP contribution in [-0.4, -0.2) is 24.0 Å². The summed E-state index contributed by atoms with van der Waals surface area (Å²) in [5.74, 6) is -0.990. The van der Waals surface area contributed by atoms with E-state index in [4.69, 9.17) is 15.2 Å². The number of amides is 3. The van der Waals surface area contributed by atoms with Crippen LogP contribution in [0, 0.1) is 5.92 Å². The Labute approximate surface area is 157 Å². The number of ether oxygens (including phenoxy) is 2. The number of para-hydroxylation sites is 1. The van der Waals surface area contributed by atoms with Crippen LogP contribution in [0.15, 0.2) is 54.6 Å². The Morgan fingerprint density at radius 3 is 2.19 bits per heavy atom. The molecule has 0 aliphatic heterocycles. The highest BCUT2D eigenvalue weighted by Crippen LogP contribution is 2.14. The summed E-state index contributed by atoms with van der Waals surface area (Å²) in [6.07, 6.45) is -1.12. The normalized spacial score (nSPS) is 11.5. The van der Waals surface area contributed by atoms with Gasteiger partial charge in [0, 0.05) is 0 Å². The largest absolute Gasteiger partial charge is 0.489 e. The van der Waals surface area contributed by atoms with E-state index in [1.807, 2.05) is 35.6 Å². The zero-order chi connectivity index (χ0) is 19.8. The van der Waals surface area contributed by atoms with Gasteiger partial charge in [-0.1, -0.05) is 44.2 Å². The van der Waals surface area contributed by atoms with Crippen molar-refractivity contribution in [1.82, 2.24) is 5.32 Å². The molecule has 1 unspecified atom stereocenters. The van der Waals surface area contributed by atoms with Crippen LogP contribution in [0.3, 0.4) is 0 Å². The van der Waals surface area contributed by atoms with E-state index in [-0.39, 0.29) is 11.5 Å². The van der Waals surface area contributed by atoms with Crippen molar-refractivity contribution >= 4 is 17.9 Å². The van der Waals surface area contributed by atoms with E-state index >= 15 is 0 Å². The first-order valence-electron chi connectivity index (χ1n) is 8.45. The van der Waals surface area contributed by atoms with Gasteiger partial charge in [-0.3, -0.25) is 10.1 Å². The Balaban J connectivity index is 1.97. The molecule has 2 aromatic carbocycles. The second-order valence-electron chi connectivity index (χ2n) is 6.22. The summed E-state index contributed by atoms with van der Waals surface area (Å²) in [6.45, 7) is 3.75. The molecular weight excluding hydrogens is 348 g/mol. The molecule has 0 saturated carbocycles. The molecule has 2 rings (SSSR count). The number of primary amides is 1. The van der Waals surface area contributed by atoms with Crippen molar-refractivity contribution in [2.75, 3.05) is 0 Å². The Hall–Kier alpha value is -3.35. The summed E-state index contributed by atoms with van der Waals surface area (Å²) in [4.78, 5) is 35.1. The van der Waals surface area contributed by atoms with Crippen LogP contribution >= 0.6 is 0 Å².